The second kappa shape index (κ2) is 18.1. The van der Waals surface area contributed by atoms with E-state index in [1.165, 1.54) is 0 Å². The minimum Gasteiger partial charge on any atom is -0.379 e. The van der Waals surface area contributed by atoms with Crippen molar-refractivity contribution in [1.82, 2.24) is 0 Å². The fourth-order valence-electron chi connectivity index (χ4n) is 1.83. The topological polar surface area (TPSA) is 61.8 Å². The van der Waals surface area contributed by atoms with Crippen LogP contribution in [0.1, 0.15) is 51.4 Å². The van der Waals surface area contributed by atoms with Crippen molar-refractivity contribution in [2.24, 2.45) is 0 Å². The third kappa shape index (κ3) is 21.8. The fourth-order valence-corrected chi connectivity index (χ4v) is 2.10. The van der Waals surface area contributed by atoms with Crippen LogP contribution in [-0.4, -0.2) is 50.1 Å². The summed E-state index contributed by atoms with van der Waals surface area (Å²) in [4.78, 5) is 21.0. The minimum atomic E-state index is -0.271. The van der Waals surface area contributed by atoms with Crippen molar-refractivity contribution >= 4 is 33.7 Å². The SMILES string of the molecule is O=C(Cl)CCCCCOCCOCCOCCCCCC(=O)Cl. The smallest absolute Gasteiger partial charge is 0.221 e. The Kier molecular flexibility index (Phi) is 18.0. The highest BCUT2D eigenvalue weighted by Gasteiger charge is 1.97. The zero-order chi connectivity index (χ0) is 17.2. The third-order valence-corrected chi connectivity index (χ3v) is 3.45. The van der Waals surface area contributed by atoms with Gasteiger partial charge in [0.15, 0.2) is 0 Å². The van der Waals surface area contributed by atoms with E-state index >= 15 is 0 Å². The van der Waals surface area contributed by atoms with E-state index in [0.717, 1.165) is 38.5 Å². The van der Waals surface area contributed by atoms with Crippen molar-refractivity contribution in [3.05, 3.63) is 0 Å². The number of hydrogen-bond donors (Lipinski definition) is 0. The molecule has 0 rings (SSSR count). The molecule has 0 saturated carbocycles. The van der Waals surface area contributed by atoms with Gasteiger partial charge in [0.2, 0.25) is 10.5 Å². The average Bonchev–Trinajstić information content (AvgIpc) is 2.49. The third-order valence-electron chi connectivity index (χ3n) is 3.07. The first-order chi connectivity index (χ1) is 11.1. The Balaban J connectivity index is 3.00. The van der Waals surface area contributed by atoms with E-state index in [1.54, 1.807) is 0 Å². The molecule has 7 heteroatoms. The van der Waals surface area contributed by atoms with Crippen molar-refractivity contribution in [3.63, 3.8) is 0 Å². The number of carbonyl (C=O) groups is 2. The molecule has 0 amide bonds. The van der Waals surface area contributed by atoms with Gasteiger partial charge in [0, 0.05) is 26.1 Å². The van der Waals surface area contributed by atoms with E-state index in [0.29, 0.717) is 52.5 Å². The lowest BCUT2D eigenvalue weighted by Gasteiger charge is -2.06. The Hall–Kier alpha value is -0.200. The molecule has 0 aromatic heterocycles. The summed E-state index contributed by atoms with van der Waals surface area (Å²) < 4.78 is 16.2. The molecule has 0 aliphatic carbocycles. The van der Waals surface area contributed by atoms with Crippen LogP contribution in [-0.2, 0) is 23.8 Å². The molecule has 0 saturated heterocycles. The van der Waals surface area contributed by atoms with Crippen LogP contribution < -0.4 is 0 Å². The fraction of sp³-hybridized carbons (Fsp3) is 0.875. The largest absolute Gasteiger partial charge is 0.379 e. The van der Waals surface area contributed by atoms with Crippen molar-refractivity contribution in [1.29, 1.82) is 0 Å². The quantitative estimate of drug-likeness (QED) is 0.272. The van der Waals surface area contributed by atoms with Gasteiger partial charge in [-0.2, -0.15) is 0 Å². The van der Waals surface area contributed by atoms with Gasteiger partial charge in [0.25, 0.3) is 0 Å². The average molecular weight is 371 g/mol. The number of ether oxygens (including phenoxy) is 3. The van der Waals surface area contributed by atoms with Crippen LogP contribution in [0.15, 0.2) is 0 Å². The van der Waals surface area contributed by atoms with Gasteiger partial charge in [-0.05, 0) is 48.9 Å². The second-order valence-electron chi connectivity index (χ2n) is 5.17. The van der Waals surface area contributed by atoms with Gasteiger partial charge in [-0.25, -0.2) is 0 Å². The highest BCUT2D eigenvalue weighted by Crippen LogP contribution is 2.03. The first-order valence-corrected chi connectivity index (χ1v) is 8.98. The summed E-state index contributed by atoms with van der Waals surface area (Å²) in [5.74, 6) is 0. The molecule has 0 atom stereocenters. The molecular weight excluding hydrogens is 343 g/mol. The maximum atomic E-state index is 10.5. The molecule has 0 N–H and O–H groups in total. The summed E-state index contributed by atoms with van der Waals surface area (Å²) in [5.41, 5.74) is 0. The number of carbonyl (C=O) groups excluding carboxylic acids is 2. The number of halogens is 2. The van der Waals surface area contributed by atoms with Gasteiger partial charge in [-0.15, -0.1) is 0 Å². The number of unbranched alkanes of at least 4 members (excludes halogenated alkanes) is 4. The van der Waals surface area contributed by atoms with E-state index in [9.17, 15) is 9.59 Å². The minimum absolute atomic E-state index is 0.271. The predicted octanol–water partition coefficient (Wildman–Crippen LogP) is 3.69. The van der Waals surface area contributed by atoms with Crippen LogP contribution in [0.5, 0.6) is 0 Å². The molecule has 0 heterocycles. The highest BCUT2D eigenvalue weighted by atomic mass is 35.5. The standard InChI is InChI=1S/C16H28Cl2O5/c17-15(19)7-3-1-5-9-21-11-13-23-14-12-22-10-6-2-4-8-16(18)20/h1-14H2. The lowest BCUT2D eigenvalue weighted by molar-refractivity contribution is -0.112. The molecule has 0 aromatic carbocycles. The molecule has 23 heavy (non-hydrogen) atoms. The van der Waals surface area contributed by atoms with Crippen molar-refractivity contribution in [2.75, 3.05) is 39.6 Å². The molecule has 0 aliphatic heterocycles. The van der Waals surface area contributed by atoms with Crippen LogP contribution in [0.2, 0.25) is 0 Å². The molecule has 0 bridgehead atoms. The zero-order valence-electron chi connectivity index (χ0n) is 13.7. The Morgan fingerprint density at radius 3 is 1.22 bits per heavy atom. The second-order valence-corrected chi connectivity index (χ2v) is 6.01. The van der Waals surface area contributed by atoms with Gasteiger partial charge in [0.1, 0.15) is 0 Å². The molecule has 0 radical (unpaired) electrons. The van der Waals surface area contributed by atoms with Crippen molar-refractivity contribution in [3.8, 4) is 0 Å². The lowest BCUT2D eigenvalue weighted by atomic mass is 10.2. The molecule has 0 spiro atoms. The van der Waals surface area contributed by atoms with Crippen LogP contribution in [0.4, 0.5) is 0 Å². The van der Waals surface area contributed by atoms with Gasteiger partial charge in [-0.1, -0.05) is 12.8 Å². The monoisotopic (exact) mass is 370 g/mol. The van der Waals surface area contributed by atoms with Gasteiger partial charge >= 0.3 is 0 Å². The van der Waals surface area contributed by atoms with Gasteiger partial charge < -0.3 is 14.2 Å². The normalized spacial score (nSPS) is 10.9. The van der Waals surface area contributed by atoms with Crippen molar-refractivity contribution < 1.29 is 23.8 Å². The molecule has 0 aliphatic rings. The van der Waals surface area contributed by atoms with Gasteiger partial charge in [-0.3, -0.25) is 9.59 Å². The Bertz CT molecular complexity index is 272. The van der Waals surface area contributed by atoms with E-state index in [1.807, 2.05) is 0 Å². The first-order valence-electron chi connectivity index (χ1n) is 8.23. The molecule has 0 unspecified atom stereocenters. The van der Waals surface area contributed by atoms with Crippen LogP contribution in [0, 0.1) is 0 Å². The Labute approximate surface area is 148 Å². The molecule has 136 valence electrons. The molecule has 5 nitrogen and oxygen atoms in total. The molecule has 0 aromatic rings. The lowest BCUT2D eigenvalue weighted by Crippen LogP contribution is -2.10. The summed E-state index contributed by atoms with van der Waals surface area (Å²) in [6, 6.07) is 0. The summed E-state index contributed by atoms with van der Waals surface area (Å²) in [6.07, 6.45) is 6.29. The maximum Gasteiger partial charge on any atom is 0.221 e. The summed E-state index contributed by atoms with van der Waals surface area (Å²) in [6.45, 7) is 3.62. The summed E-state index contributed by atoms with van der Waals surface area (Å²) in [5, 5.41) is -0.543. The van der Waals surface area contributed by atoms with Crippen LogP contribution in [0.25, 0.3) is 0 Å². The maximum absolute atomic E-state index is 10.5. The first kappa shape index (κ1) is 22.8. The summed E-state index contributed by atoms with van der Waals surface area (Å²) in [7, 11) is 0. The predicted molar refractivity (Wildman–Crippen MR) is 91.1 cm³/mol. The van der Waals surface area contributed by atoms with Crippen LogP contribution in [0.3, 0.4) is 0 Å². The number of rotatable bonds is 18. The van der Waals surface area contributed by atoms with E-state index in [4.69, 9.17) is 37.4 Å². The summed E-state index contributed by atoms with van der Waals surface area (Å²) >= 11 is 10.5. The highest BCUT2D eigenvalue weighted by molar-refractivity contribution is 6.63. The number of hydrogen-bond acceptors (Lipinski definition) is 5. The Morgan fingerprint density at radius 2 is 0.870 bits per heavy atom. The van der Waals surface area contributed by atoms with Crippen LogP contribution >= 0.6 is 23.2 Å². The molecular formula is C16H28Cl2O5. The molecule has 0 fully saturated rings. The Morgan fingerprint density at radius 1 is 0.522 bits per heavy atom. The van der Waals surface area contributed by atoms with E-state index < -0.39 is 0 Å². The van der Waals surface area contributed by atoms with Crippen molar-refractivity contribution in [2.45, 2.75) is 51.4 Å². The van der Waals surface area contributed by atoms with Gasteiger partial charge in [0.05, 0.1) is 26.4 Å². The van der Waals surface area contributed by atoms with E-state index in [-0.39, 0.29) is 10.5 Å². The zero-order valence-corrected chi connectivity index (χ0v) is 15.2. The van der Waals surface area contributed by atoms with E-state index in [2.05, 4.69) is 0 Å².